The minimum atomic E-state index is 0.726. The number of nitrogens with zero attached hydrogens (tertiary/aromatic N) is 1. The van der Waals surface area contributed by atoms with Crippen LogP contribution in [0.1, 0.15) is 25.3 Å². The van der Waals surface area contributed by atoms with Crippen molar-refractivity contribution in [2.24, 2.45) is 0 Å². The second-order valence-electron chi connectivity index (χ2n) is 3.90. The highest BCUT2D eigenvalue weighted by Gasteiger charge is 1.98. The number of anilines is 1. The van der Waals surface area contributed by atoms with Crippen LogP contribution in [0.15, 0.2) is 30.5 Å². The molecular formula is C13H16N2. The molecule has 0 bridgehead atoms. The van der Waals surface area contributed by atoms with Gasteiger partial charge in [-0.1, -0.05) is 25.5 Å². The molecule has 0 saturated carbocycles. The van der Waals surface area contributed by atoms with Gasteiger partial charge in [0, 0.05) is 5.39 Å². The summed E-state index contributed by atoms with van der Waals surface area (Å²) in [6.45, 7) is 2.21. The molecule has 0 atom stereocenters. The van der Waals surface area contributed by atoms with Crippen LogP contribution in [0.25, 0.3) is 10.9 Å². The van der Waals surface area contributed by atoms with Crippen molar-refractivity contribution in [3.05, 3.63) is 36.0 Å². The van der Waals surface area contributed by atoms with E-state index in [-0.39, 0.29) is 0 Å². The van der Waals surface area contributed by atoms with E-state index in [1.54, 1.807) is 6.20 Å². The lowest BCUT2D eigenvalue weighted by Crippen LogP contribution is -1.89. The van der Waals surface area contributed by atoms with Crippen molar-refractivity contribution in [3.8, 4) is 0 Å². The van der Waals surface area contributed by atoms with Crippen LogP contribution >= 0.6 is 0 Å². The average molecular weight is 200 g/mol. The molecule has 0 aliphatic carbocycles. The van der Waals surface area contributed by atoms with Crippen molar-refractivity contribution in [1.82, 2.24) is 4.98 Å². The highest BCUT2D eigenvalue weighted by Crippen LogP contribution is 2.17. The number of nitrogens with two attached hydrogens (primary N) is 1. The number of nitrogen functional groups attached to an aromatic ring is 1. The fraction of sp³-hybridized carbons (Fsp3) is 0.308. The van der Waals surface area contributed by atoms with Crippen LogP contribution in [-0.2, 0) is 6.42 Å². The largest absolute Gasteiger partial charge is 0.397 e. The molecule has 1 heterocycles. The van der Waals surface area contributed by atoms with Crippen molar-refractivity contribution in [2.45, 2.75) is 26.2 Å². The van der Waals surface area contributed by atoms with Gasteiger partial charge in [0.25, 0.3) is 0 Å². The molecule has 2 rings (SSSR count). The Kier molecular flexibility index (Phi) is 2.86. The lowest BCUT2D eigenvalue weighted by atomic mass is 10.1. The summed E-state index contributed by atoms with van der Waals surface area (Å²) in [6.07, 6.45) is 5.32. The minimum absolute atomic E-state index is 0.726. The highest BCUT2D eigenvalue weighted by atomic mass is 14.7. The number of hydrogen-bond acceptors (Lipinski definition) is 2. The first-order valence-corrected chi connectivity index (χ1v) is 5.44. The molecule has 0 amide bonds. The van der Waals surface area contributed by atoms with Gasteiger partial charge in [-0.2, -0.15) is 0 Å². The van der Waals surface area contributed by atoms with E-state index in [1.807, 2.05) is 6.07 Å². The van der Waals surface area contributed by atoms with Gasteiger partial charge in [-0.25, -0.2) is 0 Å². The van der Waals surface area contributed by atoms with E-state index in [1.165, 1.54) is 18.4 Å². The first-order chi connectivity index (χ1) is 7.29. The standard InChI is InChI=1S/C13H16N2/c1-2-3-4-10-5-6-11-8-12(14)9-15-13(11)7-10/h5-9H,2-4,14H2,1H3. The molecule has 0 aliphatic heterocycles. The quantitative estimate of drug-likeness (QED) is 0.826. The minimum Gasteiger partial charge on any atom is -0.397 e. The number of unbranched alkanes of at least 4 members (excludes halogenated alkanes) is 1. The van der Waals surface area contributed by atoms with Crippen LogP contribution < -0.4 is 5.73 Å². The fourth-order valence-electron chi connectivity index (χ4n) is 1.72. The normalized spacial score (nSPS) is 10.7. The molecule has 0 saturated heterocycles. The second-order valence-corrected chi connectivity index (χ2v) is 3.90. The van der Waals surface area contributed by atoms with Crippen molar-refractivity contribution < 1.29 is 0 Å². The van der Waals surface area contributed by atoms with Gasteiger partial charge in [0.15, 0.2) is 0 Å². The zero-order chi connectivity index (χ0) is 10.7. The molecule has 0 aliphatic rings. The fourth-order valence-corrected chi connectivity index (χ4v) is 1.72. The van der Waals surface area contributed by atoms with Crippen molar-refractivity contribution in [3.63, 3.8) is 0 Å². The van der Waals surface area contributed by atoms with Gasteiger partial charge < -0.3 is 5.73 Å². The predicted octanol–water partition coefficient (Wildman–Crippen LogP) is 3.16. The van der Waals surface area contributed by atoms with Crippen molar-refractivity contribution in [1.29, 1.82) is 0 Å². The predicted molar refractivity (Wildman–Crippen MR) is 64.8 cm³/mol. The molecule has 1 aromatic heterocycles. The Balaban J connectivity index is 2.34. The van der Waals surface area contributed by atoms with Gasteiger partial charge in [-0.15, -0.1) is 0 Å². The third-order valence-corrected chi connectivity index (χ3v) is 2.59. The Bertz CT molecular complexity index is 463. The van der Waals surface area contributed by atoms with Crippen LogP contribution in [0.2, 0.25) is 0 Å². The molecule has 0 spiro atoms. The Hall–Kier alpha value is -1.57. The van der Waals surface area contributed by atoms with E-state index >= 15 is 0 Å². The smallest absolute Gasteiger partial charge is 0.0706 e. The summed E-state index contributed by atoms with van der Waals surface area (Å²) in [7, 11) is 0. The molecule has 2 aromatic rings. The summed E-state index contributed by atoms with van der Waals surface area (Å²) in [4.78, 5) is 4.32. The van der Waals surface area contributed by atoms with E-state index in [9.17, 15) is 0 Å². The molecule has 15 heavy (non-hydrogen) atoms. The molecule has 78 valence electrons. The van der Waals surface area contributed by atoms with E-state index in [2.05, 4.69) is 30.1 Å². The Morgan fingerprint density at radius 2 is 2.13 bits per heavy atom. The molecule has 0 radical (unpaired) electrons. The number of pyridine rings is 1. The third kappa shape index (κ3) is 2.27. The van der Waals surface area contributed by atoms with Crippen molar-refractivity contribution in [2.75, 3.05) is 5.73 Å². The van der Waals surface area contributed by atoms with Gasteiger partial charge in [0.2, 0.25) is 0 Å². The number of aromatic nitrogens is 1. The van der Waals surface area contributed by atoms with E-state index in [0.29, 0.717) is 0 Å². The van der Waals surface area contributed by atoms with Gasteiger partial charge in [-0.3, -0.25) is 4.98 Å². The summed E-state index contributed by atoms with van der Waals surface area (Å²) in [5.41, 5.74) is 8.81. The zero-order valence-corrected chi connectivity index (χ0v) is 9.03. The Morgan fingerprint density at radius 1 is 1.27 bits per heavy atom. The SMILES string of the molecule is CCCCc1ccc2cc(N)cnc2c1. The van der Waals surface area contributed by atoms with Crippen LogP contribution in [0.4, 0.5) is 5.69 Å². The maximum absolute atomic E-state index is 5.68. The molecular weight excluding hydrogens is 184 g/mol. The van der Waals surface area contributed by atoms with Crippen LogP contribution in [0.3, 0.4) is 0 Å². The molecule has 2 N–H and O–H groups in total. The number of fused-ring (bicyclic) bond motifs is 1. The summed E-state index contributed by atoms with van der Waals surface area (Å²) in [6, 6.07) is 8.39. The van der Waals surface area contributed by atoms with Crippen molar-refractivity contribution >= 4 is 16.6 Å². The monoisotopic (exact) mass is 200 g/mol. The molecule has 1 aromatic carbocycles. The summed E-state index contributed by atoms with van der Waals surface area (Å²) < 4.78 is 0. The Labute approximate surface area is 90.1 Å². The first kappa shape index (κ1) is 9.97. The highest BCUT2D eigenvalue weighted by molar-refractivity contribution is 5.81. The zero-order valence-electron chi connectivity index (χ0n) is 9.03. The van der Waals surface area contributed by atoms with Gasteiger partial charge in [0.1, 0.15) is 0 Å². The summed E-state index contributed by atoms with van der Waals surface area (Å²) in [5, 5.41) is 1.12. The lowest BCUT2D eigenvalue weighted by Gasteiger charge is -2.03. The average Bonchev–Trinajstić information content (AvgIpc) is 2.26. The van der Waals surface area contributed by atoms with Gasteiger partial charge >= 0.3 is 0 Å². The molecule has 2 nitrogen and oxygen atoms in total. The van der Waals surface area contributed by atoms with E-state index in [4.69, 9.17) is 5.73 Å². The molecule has 0 unspecified atom stereocenters. The topological polar surface area (TPSA) is 38.9 Å². The molecule has 2 heteroatoms. The van der Waals surface area contributed by atoms with Crippen LogP contribution in [0.5, 0.6) is 0 Å². The second kappa shape index (κ2) is 4.30. The molecule has 0 fully saturated rings. The van der Waals surface area contributed by atoms with Crippen LogP contribution in [0, 0.1) is 0 Å². The number of hydrogen-bond donors (Lipinski definition) is 1. The third-order valence-electron chi connectivity index (χ3n) is 2.59. The van der Waals surface area contributed by atoms with Crippen LogP contribution in [-0.4, -0.2) is 4.98 Å². The van der Waals surface area contributed by atoms with Gasteiger partial charge in [0.05, 0.1) is 17.4 Å². The maximum Gasteiger partial charge on any atom is 0.0706 e. The van der Waals surface area contributed by atoms with Gasteiger partial charge in [-0.05, 0) is 30.5 Å². The number of aryl methyl sites for hydroxylation is 1. The summed E-state index contributed by atoms with van der Waals surface area (Å²) in [5.74, 6) is 0. The lowest BCUT2D eigenvalue weighted by molar-refractivity contribution is 0.796. The Morgan fingerprint density at radius 3 is 2.93 bits per heavy atom. The van der Waals surface area contributed by atoms with E-state index < -0.39 is 0 Å². The summed E-state index contributed by atoms with van der Waals surface area (Å²) >= 11 is 0. The maximum atomic E-state index is 5.68. The number of rotatable bonds is 3. The first-order valence-electron chi connectivity index (χ1n) is 5.44. The van der Waals surface area contributed by atoms with E-state index in [0.717, 1.165) is 23.0 Å². The number of benzene rings is 1.